The lowest BCUT2D eigenvalue weighted by atomic mass is 9.91. The number of rotatable bonds is 27. The van der Waals surface area contributed by atoms with E-state index in [1.165, 1.54) is 71.4 Å². The molecule has 626 valence electrons. The molecule has 0 saturated carbocycles. The minimum atomic E-state index is -1.96. The molecule has 0 bridgehead atoms. The summed E-state index contributed by atoms with van der Waals surface area (Å²) in [5, 5.41) is 58.8. The van der Waals surface area contributed by atoms with E-state index in [0.29, 0.717) is 71.8 Å². The first kappa shape index (κ1) is 92.6. The number of nitrogens with zero attached hydrogens (tertiary/aromatic N) is 1. The van der Waals surface area contributed by atoms with E-state index in [2.05, 4.69) is 79.0 Å². The van der Waals surface area contributed by atoms with Crippen LogP contribution in [-0.2, 0) is 92.8 Å². The number of phenols is 1. The van der Waals surface area contributed by atoms with Crippen LogP contribution >= 0.6 is 0 Å². The molecular formula is C81H115N17O17. The number of benzene rings is 3. The SMILES string of the molecule is CC(=O)N[C@@H](CC(C)C)C(=O)N[C@H](C(=O)N[C@@H](Cc1ccccc1)C(=O)N[C@]1(C)CCC/C=C/CCCCCC[C@@](C)(C(=O)N[C@@H](CO)C(N)=O)NN[C@@H](CC(C)C)C(=O)C(=O)[C@H](CCC(N)=O)NC(=O)C(C)NC(=O)[C@H](Cc2c[nH]c3ccccc23)NC(=O)[C@H](Cc2ccc(O)cc2)NC(=O)[C@H](Cc2cnc[nH]2)NC1=O)[C@@H](C)O. The Balaban J connectivity index is 1.45. The molecule has 12 amide bonds. The fraction of sp³-hybridized carbons (Fsp3) is 0.519. The molecule has 115 heavy (non-hydrogen) atoms. The van der Waals surface area contributed by atoms with Crippen molar-refractivity contribution in [2.75, 3.05) is 6.61 Å². The molecule has 1 aliphatic rings. The van der Waals surface area contributed by atoms with Crippen molar-refractivity contribution in [3.63, 3.8) is 0 Å². The normalized spacial score (nSPS) is 22.9. The summed E-state index contributed by atoms with van der Waals surface area (Å²) >= 11 is 0. The fourth-order valence-corrected chi connectivity index (χ4v) is 13.2. The second-order valence-electron chi connectivity index (χ2n) is 30.8. The molecule has 1 unspecified atom stereocenters. The van der Waals surface area contributed by atoms with Crippen molar-refractivity contribution >= 4 is 93.4 Å². The minimum Gasteiger partial charge on any atom is -0.508 e. The van der Waals surface area contributed by atoms with Crippen molar-refractivity contribution in [1.82, 2.24) is 79.0 Å². The lowest BCUT2D eigenvalue weighted by Crippen LogP contribution is -2.65. The van der Waals surface area contributed by atoms with Gasteiger partial charge in [0.1, 0.15) is 65.2 Å². The molecule has 0 fully saturated rings. The molecule has 2 aromatic heterocycles. The number of aromatic hydroxyl groups is 1. The Hall–Kier alpha value is -11.2. The number of carbonyl (C=O) groups is 14. The van der Waals surface area contributed by atoms with Crippen molar-refractivity contribution in [3.8, 4) is 5.75 Å². The van der Waals surface area contributed by atoms with Gasteiger partial charge in [0.15, 0.2) is 0 Å². The van der Waals surface area contributed by atoms with E-state index >= 15 is 24.0 Å². The number of carbonyl (C=O) groups excluding carboxylic acids is 14. The van der Waals surface area contributed by atoms with Gasteiger partial charge in [0, 0.05) is 68.0 Å². The monoisotopic (exact) mass is 1600 g/mol. The van der Waals surface area contributed by atoms with Crippen molar-refractivity contribution in [2.45, 2.75) is 249 Å². The Labute approximate surface area is 668 Å². The number of nitrogens with one attached hydrogen (secondary N) is 14. The maximum Gasteiger partial charge on any atom is 0.246 e. The van der Waals surface area contributed by atoms with E-state index in [0.717, 1.165) is 0 Å². The van der Waals surface area contributed by atoms with Crippen LogP contribution in [0.2, 0.25) is 0 Å². The highest BCUT2D eigenvalue weighted by molar-refractivity contribution is 6.41. The van der Waals surface area contributed by atoms with E-state index < -0.39 is 180 Å². The van der Waals surface area contributed by atoms with Crippen molar-refractivity contribution in [3.05, 3.63) is 132 Å². The number of aromatic amines is 2. The molecule has 6 rings (SSSR count). The Morgan fingerprint density at radius 3 is 1.84 bits per heavy atom. The third-order valence-corrected chi connectivity index (χ3v) is 19.8. The average Bonchev–Trinajstić information content (AvgIpc) is 1.76. The second-order valence-corrected chi connectivity index (χ2v) is 30.8. The number of aliphatic hydroxyl groups is 2. The smallest absolute Gasteiger partial charge is 0.246 e. The molecule has 1 aliphatic heterocycles. The van der Waals surface area contributed by atoms with Gasteiger partial charge in [-0.2, -0.15) is 0 Å². The molecule has 3 aromatic carbocycles. The van der Waals surface area contributed by atoms with Gasteiger partial charge in [-0.15, -0.1) is 0 Å². The number of aliphatic hydroxyl groups excluding tert-OH is 2. The third-order valence-electron chi connectivity index (χ3n) is 19.8. The van der Waals surface area contributed by atoms with E-state index in [1.807, 2.05) is 26.0 Å². The van der Waals surface area contributed by atoms with E-state index in [-0.39, 0.29) is 75.4 Å². The summed E-state index contributed by atoms with van der Waals surface area (Å²) in [4.78, 5) is 210. The van der Waals surface area contributed by atoms with Gasteiger partial charge >= 0.3 is 0 Å². The number of phenolic OH excluding ortho intramolecular Hbond substituents is 1. The molecule has 0 saturated heterocycles. The maximum absolute atomic E-state index is 15.6. The first-order chi connectivity index (χ1) is 54.5. The zero-order chi connectivity index (χ0) is 84.7. The molecule has 0 radical (unpaired) electrons. The maximum atomic E-state index is 15.6. The number of hydrogen-bond donors (Lipinski definition) is 19. The number of fused-ring (bicyclic) bond motifs is 1. The number of ketones is 2. The molecule has 21 N–H and O–H groups in total. The molecule has 5 aromatic rings. The lowest BCUT2D eigenvalue weighted by Gasteiger charge is -2.34. The number of hydrogen-bond acceptors (Lipinski definition) is 20. The summed E-state index contributed by atoms with van der Waals surface area (Å²) in [7, 11) is 0. The van der Waals surface area contributed by atoms with Gasteiger partial charge in [-0.3, -0.25) is 67.1 Å². The highest BCUT2D eigenvalue weighted by Crippen LogP contribution is 2.24. The van der Waals surface area contributed by atoms with Crippen LogP contribution in [0.4, 0.5) is 0 Å². The summed E-state index contributed by atoms with van der Waals surface area (Å²) in [6.07, 6.45) is 7.94. The molecule has 34 heteroatoms. The number of Topliss-reactive ketones (excluding diaryl/α,β-unsaturated/α-hetero) is 2. The number of para-hydroxylation sites is 1. The number of aromatic nitrogens is 3. The summed E-state index contributed by atoms with van der Waals surface area (Å²) < 4.78 is 0. The van der Waals surface area contributed by atoms with Gasteiger partial charge in [0.05, 0.1) is 31.1 Å². The van der Waals surface area contributed by atoms with Gasteiger partial charge in [-0.25, -0.2) is 15.8 Å². The van der Waals surface area contributed by atoms with Crippen molar-refractivity contribution in [2.24, 2.45) is 23.3 Å². The molecule has 13 atom stereocenters. The van der Waals surface area contributed by atoms with Crippen molar-refractivity contribution in [1.29, 1.82) is 0 Å². The van der Waals surface area contributed by atoms with Gasteiger partial charge in [-0.05, 0) is 132 Å². The predicted molar refractivity (Wildman–Crippen MR) is 426 cm³/mol. The molecule has 34 nitrogen and oxygen atoms in total. The highest BCUT2D eigenvalue weighted by Gasteiger charge is 2.43. The average molecular weight is 1600 g/mol. The van der Waals surface area contributed by atoms with Gasteiger partial charge < -0.3 is 89.9 Å². The quantitative estimate of drug-likeness (QED) is 0.0255. The van der Waals surface area contributed by atoms with Gasteiger partial charge in [-0.1, -0.05) is 120 Å². The Morgan fingerprint density at radius 1 is 0.609 bits per heavy atom. The van der Waals surface area contributed by atoms with Gasteiger partial charge in [0.2, 0.25) is 82.5 Å². The molecular weight excluding hydrogens is 1480 g/mol. The highest BCUT2D eigenvalue weighted by atomic mass is 16.3. The predicted octanol–water partition coefficient (Wildman–Crippen LogP) is 0.802. The molecule has 3 heterocycles. The fourth-order valence-electron chi connectivity index (χ4n) is 13.2. The first-order valence-electron chi connectivity index (χ1n) is 39.0. The number of imidazole rings is 1. The zero-order valence-corrected chi connectivity index (χ0v) is 66.8. The lowest BCUT2D eigenvalue weighted by molar-refractivity contribution is -0.141. The van der Waals surface area contributed by atoms with Crippen LogP contribution in [-0.4, -0.2) is 197 Å². The first-order valence-corrected chi connectivity index (χ1v) is 39.0. The number of amides is 12. The summed E-state index contributed by atoms with van der Waals surface area (Å²) in [5.41, 5.74) is 15.7. The second kappa shape index (κ2) is 45.0. The Morgan fingerprint density at radius 2 is 1.23 bits per heavy atom. The summed E-state index contributed by atoms with van der Waals surface area (Å²) in [6.45, 7) is 13.0. The zero-order valence-electron chi connectivity index (χ0n) is 66.8. The van der Waals surface area contributed by atoms with Crippen molar-refractivity contribution < 1.29 is 82.4 Å². The summed E-state index contributed by atoms with van der Waals surface area (Å²) in [6, 6.07) is 5.97. The van der Waals surface area contributed by atoms with Crippen LogP contribution in [0.5, 0.6) is 5.75 Å². The van der Waals surface area contributed by atoms with Gasteiger partial charge in [0.25, 0.3) is 0 Å². The van der Waals surface area contributed by atoms with Crippen LogP contribution in [0.3, 0.4) is 0 Å². The van der Waals surface area contributed by atoms with Crippen LogP contribution in [0.15, 0.2) is 110 Å². The standard InChI is InChI=1S/C81H115N17O17/c1-46(2)36-59-69(105)68(104)58(32-33-66(82)103)89-71(107)48(5)87-72(108)63(40-53-42-85-57-27-21-20-26-56(53)57)91-73(109)61(39-52-28-30-55(102)31-29-52)90-74(110)64(41-54-43-84-45-86-54)93-78(114)80(8,34-22-15-13-11-10-12-14-16-23-35-81(9,98-97-59)79(115)94-65(44-99)70(83)106)96-76(112)62(38-51-24-18-17-19-25-51)92-77(113)67(49(6)100)95-75(111)60(37-47(3)4)88-50(7)101/h11,13,17-21,24-31,42-43,45-49,58-65,67,85,97-100,102H,10,12,14-16,22-23,32-41,44H2,1-9H3,(H2,82,103)(H2,83,106)(H,84,86)(H,87,108)(H,88,101)(H,89,107)(H,90,110)(H,91,109)(H,92,113)(H,93,114)(H,94,115)(H,95,111)(H,96,112)/b13-11+/t48?,49-,58+,59+,60+,61+,62+,63+,64+,65+,67+,80-,81+/m1/s1. The largest absolute Gasteiger partial charge is 0.508 e. The van der Waals surface area contributed by atoms with Crippen LogP contribution in [0, 0.1) is 11.8 Å². The van der Waals surface area contributed by atoms with Crippen LogP contribution in [0.1, 0.15) is 168 Å². The van der Waals surface area contributed by atoms with E-state index in [9.17, 15) is 58.5 Å². The van der Waals surface area contributed by atoms with E-state index in [4.69, 9.17) is 11.5 Å². The van der Waals surface area contributed by atoms with Crippen LogP contribution in [0.25, 0.3) is 10.9 Å². The number of H-pyrrole nitrogens is 2. The Bertz CT molecular complexity index is 4170. The topological polar surface area (TPSA) is 541 Å². The number of allylic oxidation sites excluding steroid dienone is 2. The third kappa shape index (κ3) is 29.6. The number of primary amides is 2. The van der Waals surface area contributed by atoms with Crippen LogP contribution < -0.4 is 75.5 Å². The number of hydrazine groups is 1. The summed E-state index contributed by atoms with van der Waals surface area (Å²) in [5.74, 6) is -13.6. The molecule has 0 spiro atoms. The molecule has 0 aliphatic carbocycles. The number of nitrogens with two attached hydrogens (primary N) is 2. The Kier molecular flexibility index (Phi) is 36.3. The van der Waals surface area contributed by atoms with E-state index in [1.54, 1.807) is 74.6 Å². The minimum absolute atomic E-state index is 0.0245.